The highest BCUT2D eigenvalue weighted by molar-refractivity contribution is 5.98. The van der Waals surface area contributed by atoms with Gasteiger partial charge in [-0.2, -0.15) is 0 Å². The van der Waals surface area contributed by atoms with Gasteiger partial charge in [-0.1, -0.05) is 92.9 Å². The minimum absolute atomic E-state index is 0.0163. The molecule has 2 aliphatic heterocycles. The maximum absolute atomic E-state index is 13.9. The molecule has 0 aromatic heterocycles. The Morgan fingerprint density at radius 3 is 1.99 bits per heavy atom. The lowest BCUT2D eigenvalue weighted by Gasteiger charge is -2.50. The molecule has 0 radical (unpaired) electrons. The smallest absolute Gasteiger partial charge is 0.248 e. The lowest BCUT2D eigenvalue weighted by atomic mass is 9.76. The number of hydrogen-bond acceptors (Lipinski definition) is 11. The first-order chi connectivity index (χ1) is 36.1. The summed E-state index contributed by atoms with van der Waals surface area (Å²) in [7, 11) is 3.51. The van der Waals surface area contributed by atoms with Gasteiger partial charge in [0.1, 0.15) is 43.1 Å². The Labute approximate surface area is 439 Å². The average molecular weight is 1020 g/mol. The minimum atomic E-state index is -0.486. The normalized spacial score (nSPS) is 19.0. The number of nitrogens with zero attached hydrogens (tertiary/aromatic N) is 2. The third-order valence-corrected chi connectivity index (χ3v) is 15.0. The summed E-state index contributed by atoms with van der Waals surface area (Å²) in [5.41, 5.74) is 6.78. The number of nitrogens with one attached hydrogen (secondary N) is 3. The van der Waals surface area contributed by atoms with E-state index in [-0.39, 0.29) is 48.1 Å². The first kappa shape index (κ1) is 56.0. The zero-order chi connectivity index (χ0) is 52.1. The highest BCUT2D eigenvalue weighted by atomic mass is 16.6. The summed E-state index contributed by atoms with van der Waals surface area (Å²) in [6, 6.07) is 33.5. The molecule has 4 aliphatic rings. The first-order valence-electron chi connectivity index (χ1n) is 27.1. The van der Waals surface area contributed by atoms with E-state index >= 15 is 0 Å². The predicted octanol–water partition coefficient (Wildman–Crippen LogP) is 7.91. The monoisotopic (exact) mass is 1020 g/mol. The fraction of sp³-hybridized carbons (Fsp3) is 0.517. The third kappa shape index (κ3) is 16.6. The second kappa shape index (κ2) is 29.4. The molecule has 2 saturated carbocycles. The van der Waals surface area contributed by atoms with E-state index in [1.54, 1.807) is 31.1 Å². The van der Waals surface area contributed by atoms with Gasteiger partial charge in [-0.25, -0.2) is 0 Å². The number of fused-ring (bicyclic) bond motifs is 3. The van der Waals surface area contributed by atoms with Gasteiger partial charge in [0.15, 0.2) is 0 Å². The number of aromatic hydroxyl groups is 1. The van der Waals surface area contributed by atoms with Crippen molar-refractivity contribution in [1.29, 1.82) is 0 Å². The number of amides is 3. The van der Waals surface area contributed by atoms with Crippen LogP contribution in [0.1, 0.15) is 93.9 Å². The summed E-state index contributed by atoms with van der Waals surface area (Å²) in [6.07, 6.45) is 10.4. The van der Waals surface area contributed by atoms with Crippen molar-refractivity contribution in [3.05, 3.63) is 125 Å². The molecule has 4 fully saturated rings. The van der Waals surface area contributed by atoms with Crippen molar-refractivity contribution < 1.29 is 43.2 Å². The maximum atomic E-state index is 13.9. The van der Waals surface area contributed by atoms with Crippen LogP contribution in [0.25, 0.3) is 11.1 Å². The molecule has 8 rings (SSSR count). The topological polar surface area (TPSA) is 160 Å². The molecular weight excluding hydrogens is 935 g/mol. The number of carbonyl (C=O) groups is 3. The number of allylic oxidation sites excluding steroid dienone is 1. The second-order valence-electron chi connectivity index (χ2n) is 20.1. The van der Waals surface area contributed by atoms with E-state index in [0.29, 0.717) is 70.5 Å². The molecule has 2 saturated heterocycles. The second-order valence-corrected chi connectivity index (χ2v) is 20.1. The van der Waals surface area contributed by atoms with Crippen LogP contribution in [0, 0.1) is 11.8 Å². The first-order valence-corrected chi connectivity index (χ1v) is 27.1. The van der Waals surface area contributed by atoms with Crippen molar-refractivity contribution in [2.24, 2.45) is 11.8 Å². The fourth-order valence-electron chi connectivity index (χ4n) is 10.7. The standard InChI is InChI=1S/C60H81N5O9/c1-5-53(46-12-8-6-9-13-46)57(47-19-23-50(66)24-20-47)48-21-27-52(28-22-48)73-33-32-64(4)56(67)42-72-37-36-70-34-35-71-38-39-74-51-25-16-44(17-26-51)30-31-65-41-45-18-29-55(65)54(40-45)62-60(69)58(49-14-10-7-11-15-49)63-59(68)43(2)61-3/h6,8-9,12-13,16-17,19-28,43,45,49,54-55,58,61,66H,5,7,10-11,14-15,18,29-42H2,1-4H3,(H,62,69)(H,63,68)/b57-53-/t43-,45+,54-,55-,58-/m0/s1. The van der Waals surface area contributed by atoms with Crippen molar-refractivity contribution in [2.75, 3.05) is 86.6 Å². The molecule has 74 heavy (non-hydrogen) atoms. The number of ether oxygens (including phenoxy) is 5. The molecular formula is C60H81N5O9. The molecule has 14 heteroatoms. The van der Waals surface area contributed by atoms with Gasteiger partial charge in [0.05, 0.1) is 45.6 Å². The average Bonchev–Trinajstić information content (AvgIpc) is 3.43. The van der Waals surface area contributed by atoms with Crippen molar-refractivity contribution in [1.82, 2.24) is 25.8 Å². The number of rotatable bonds is 29. The fourth-order valence-corrected chi connectivity index (χ4v) is 10.7. The van der Waals surface area contributed by atoms with Gasteiger partial charge in [0, 0.05) is 32.2 Å². The Morgan fingerprint density at radius 2 is 1.34 bits per heavy atom. The number of likely N-dealkylation sites (N-methyl/N-ethyl adjacent to an activating group) is 2. The summed E-state index contributed by atoms with van der Waals surface area (Å²) in [5, 5.41) is 19.5. The van der Waals surface area contributed by atoms with Crippen LogP contribution in [0.3, 0.4) is 0 Å². The zero-order valence-corrected chi connectivity index (χ0v) is 44.2. The van der Waals surface area contributed by atoms with E-state index in [0.717, 1.165) is 92.5 Å². The van der Waals surface area contributed by atoms with Gasteiger partial charge in [-0.3, -0.25) is 19.3 Å². The van der Waals surface area contributed by atoms with E-state index < -0.39 is 6.04 Å². The van der Waals surface area contributed by atoms with Gasteiger partial charge < -0.3 is 49.6 Å². The van der Waals surface area contributed by atoms with Crippen LogP contribution in [0.4, 0.5) is 0 Å². The predicted molar refractivity (Wildman–Crippen MR) is 290 cm³/mol. The number of hydrogen-bond donors (Lipinski definition) is 4. The van der Waals surface area contributed by atoms with E-state index in [1.165, 1.54) is 24.0 Å². The number of phenols is 1. The lowest BCUT2D eigenvalue weighted by Crippen LogP contribution is -2.64. The Kier molecular flexibility index (Phi) is 22.2. The molecule has 2 aliphatic carbocycles. The summed E-state index contributed by atoms with van der Waals surface area (Å²) >= 11 is 0. The quantitative estimate of drug-likeness (QED) is 0.0309. The van der Waals surface area contributed by atoms with Crippen LogP contribution in [-0.2, 0) is 35.0 Å². The van der Waals surface area contributed by atoms with Gasteiger partial charge >= 0.3 is 0 Å². The van der Waals surface area contributed by atoms with Crippen LogP contribution in [-0.4, -0.2) is 143 Å². The van der Waals surface area contributed by atoms with Gasteiger partial charge in [-0.15, -0.1) is 0 Å². The zero-order valence-electron chi connectivity index (χ0n) is 44.2. The molecule has 4 N–H and O–H groups in total. The summed E-state index contributed by atoms with van der Waals surface area (Å²) in [5.74, 6) is 2.22. The number of piperidine rings is 2. The maximum Gasteiger partial charge on any atom is 0.248 e. The van der Waals surface area contributed by atoms with Crippen molar-refractivity contribution in [2.45, 2.75) is 102 Å². The molecule has 14 nitrogen and oxygen atoms in total. The highest BCUT2D eigenvalue weighted by Crippen LogP contribution is 2.37. The van der Waals surface area contributed by atoms with E-state index in [1.807, 2.05) is 61.5 Å². The molecule has 400 valence electrons. The Hall–Kier alpha value is -5.77. The molecule has 0 unspecified atom stereocenters. The van der Waals surface area contributed by atoms with Crippen LogP contribution < -0.4 is 25.4 Å². The number of benzene rings is 4. The van der Waals surface area contributed by atoms with Gasteiger partial charge in [0.2, 0.25) is 17.7 Å². The van der Waals surface area contributed by atoms with E-state index in [4.69, 9.17) is 23.7 Å². The lowest BCUT2D eigenvalue weighted by molar-refractivity contribution is -0.135. The number of phenolic OH excluding ortho intramolecular Hbond substituents is 1. The van der Waals surface area contributed by atoms with Crippen molar-refractivity contribution in [3.63, 3.8) is 0 Å². The number of carbonyl (C=O) groups excluding carboxylic acids is 3. The van der Waals surface area contributed by atoms with Crippen LogP contribution in [0.15, 0.2) is 103 Å². The third-order valence-electron chi connectivity index (χ3n) is 15.0. The molecule has 0 spiro atoms. The largest absolute Gasteiger partial charge is 0.508 e. The molecule has 3 amide bonds. The molecule has 4 aromatic carbocycles. The van der Waals surface area contributed by atoms with Crippen LogP contribution in [0.2, 0.25) is 0 Å². The molecule has 2 heterocycles. The van der Waals surface area contributed by atoms with Crippen LogP contribution >= 0.6 is 0 Å². The molecule has 4 aromatic rings. The Bertz CT molecular complexity index is 2360. The molecule has 5 atom stereocenters. The van der Waals surface area contributed by atoms with Gasteiger partial charge in [-0.05, 0) is 141 Å². The highest BCUT2D eigenvalue weighted by Gasteiger charge is 2.43. The van der Waals surface area contributed by atoms with E-state index in [9.17, 15) is 19.5 Å². The summed E-state index contributed by atoms with van der Waals surface area (Å²) in [6.45, 7) is 9.03. The minimum Gasteiger partial charge on any atom is -0.508 e. The summed E-state index contributed by atoms with van der Waals surface area (Å²) in [4.78, 5) is 43.7. The molecule has 2 bridgehead atoms. The Morgan fingerprint density at radius 1 is 0.716 bits per heavy atom. The van der Waals surface area contributed by atoms with Crippen LogP contribution in [0.5, 0.6) is 17.2 Å². The van der Waals surface area contributed by atoms with E-state index in [2.05, 4.69) is 64.2 Å². The SMILES string of the molecule is CC/C(=C(\c1ccc(O)cc1)c1ccc(OCCN(C)C(=O)COCCOCCOCCOc2ccc(CCN3C[C@@H]4CC[C@H]3[C@@H](NC(=O)[C@@H](NC(=O)[C@H](C)NC)C3CCCCC3)C4)cc2)cc1)c1ccccc1. The van der Waals surface area contributed by atoms with Crippen molar-refractivity contribution in [3.8, 4) is 17.2 Å². The van der Waals surface area contributed by atoms with Crippen molar-refractivity contribution >= 4 is 28.9 Å². The Balaban J connectivity index is 0.720. The van der Waals surface area contributed by atoms with Gasteiger partial charge in [0.25, 0.3) is 0 Å². The summed E-state index contributed by atoms with van der Waals surface area (Å²) < 4.78 is 28.9.